The van der Waals surface area contributed by atoms with Gasteiger partial charge in [-0.25, -0.2) is 0 Å². The van der Waals surface area contributed by atoms with Crippen LogP contribution in [0.25, 0.3) is 0 Å². The van der Waals surface area contributed by atoms with Crippen molar-refractivity contribution >= 4 is 17.4 Å². The molecule has 7 heteroatoms. The summed E-state index contributed by atoms with van der Waals surface area (Å²) in [6.07, 6.45) is 0. The summed E-state index contributed by atoms with van der Waals surface area (Å²) in [4.78, 5) is 37.0. The van der Waals surface area contributed by atoms with Gasteiger partial charge < -0.3 is 5.11 Å². The highest BCUT2D eigenvalue weighted by atomic mass is 16.6. The first-order valence-corrected chi connectivity index (χ1v) is 10.6. The fourth-order valence-corrected chi connectivity index (χ4v) is 4.76. The van der Waals surface area contributed by atoms with Gasteiger partial charge in [-0.05, 0) is 25.0 Å². The van der Waals surface area contributed by atoms with Gasteiger partial charge in [-0.3, -0.25) is 25.0 Å². The minimum Gasteiger partial charge on any atom is -0.480 e. The average molecular weight is 444 g/mol. The summed E-state index contributed by atoms with van der Waals surface area (Å²) in [7, 11) is 0. The van der Waals surface area contributed by atoms with Crippen molar-refractivity contribution < 1.29 is 19.6 Å². The molecular weight excluding hydrogens is 420 g/mol. The maximum atomic E-state index is 13.8. The van der Waals surface area contributed by atoms with Gasteiger partial charge in [0.05, 0.1) is 10.8 Å². The Morgan fingerprint density at radius 2 is 1.52 bits per heavy atom. The molecule has 1 heterocycles. The Morgan fingerprint density at radius 3 is 2.06 bits per heavy atom. The van der Waals surface area contributed by atoms with Gasteiger partial charge in [0.15, 0.2) is 5.78 Å². The van der Waals surface area contributed by atoms with E-state index in [4.69, 9.17) is 0 Å². The number of aryl methyl sites for hydroxylation is 1. The van der Waals surface area contributed by atoms with E-state index in [0.717, 1.165) is 11.1 Å². The molecule has 1 aliphatic rings. The van der Waals surface area contributed by atoms with Crippen molar-refractivity contribution in [2.24, 2.45) is 5.92 Å². The number of Topliss-reactive ketones (excluding diaryl/α,β-unsaturated/α-hetero) is 1. The van der Waals surface area contributed by atoms with E-state index in [1.54, 1.807) is 43.3 Å². The van der Waals surface area contributed by atoms with E-state index in [2.05, 4.69) is 5.32 Å². The van der Waals surface area contributed by atoms with E-state index < -0.39 is 34.3 Å². The first-order valence-electron chi connectivity index (χ1n) is 10.6. The zero-order valence-electron chi connectivity index (χ0n) is 18.3. The maximum absolute atomic E-state index is 13.8. The average Bonchev–Trinajstić information content (AvgIpc) is 3.14. The highest BCUT2D eigenvalue weighted by Gasteiger charge is 2.58. The molecule has 1 aliphatic heterocycles. The number of nitro benzene ring substituents is 1. The van der Waals surface area contributed by atoms with Crippen molar-refractivity contribution in [3.8, 4) is 0 Å². The third kappa shape index (κ3) is 4.03. The van der Waals surface area contributed by atoms with E-state index in [9.17, 15) is 24.8 Å². The number of aliphatic carboxylic acids is 1. The van der Waals surface area contributed by atoms with Crippen molar-refractivity contribution in [1.82, 2.24) is 5.32 Å². The number of carbonyl (C=O) groups is 2. The first kappa shape index (κ1) is 22.4. The van der Waals surface area contributed by atoms with E-state index in [-0.39, 0.29) is 11.5 Å². The molecule has 0 aliphatic carbocycles. The lowest BCUT2D eigenvalue weighted by molar-refractivity contribution is -0.384. The highest BCUT2D eigenvalue weighted by molar-refractivity contribution is 6.00. The van der Waals surface area contributed by atoms with Crippen LogP contribution in [0.3, 0.4) is 0 Å². The second-order valence-corrected chi connectivity index (χ2v) is 8.62. The topological polar surface area (TPSA) is 110 Å². The Balaban J connectivity index is 1.89. The molecule has 0 aromatic heterocycles. The number of nitro groups is 1. The van der Waals surface area contributed by atoms with Crippen LogP contribution in [0, 0.1) is 23.0 Å². The smallest absolute Gasteiger partial charge is 0.324 e. The van der Waals surface area contributed by atoms with E-state index in [1.165, 1.54) is 12.1 Å². The number of non-ortho nitro benzene ring substituents is 1. The molecule has 3 aromatic rings. The molecule has 4 unspecified atom stereocenters. The quantitative estimate of drug-likeness (QED) is 0.325. The van der Waals surface area contributed by atoms with Gasteiger partial charge in [0.1, 0.15) is 5.54 Å². The molecule has 7 nitrogen and oxygen atoms in total. The molecule has 2 N–H and O–H groups in total. The predicted molar refractivity (Wildman–Crippen MR) is 123 cm³/mol. The minimum atomic E-state index is -1.47. The molecule has 0 saturated carbocycles. The summed E-state index contributed by atoms with van der Waals surface area (Å²) in [6, 6.07) is 21.7. The van der Waals surface area contributed by atoms with Crippen LogP contribution in [0.5, 0.6) is 0 Å². The molecule has 0 spiro atoms. The van der Waals surface area contributed by atoms with Crippen LogP contribution in [0.4, 0.5) is 5.69 Å². The summed E-state index contributed by atoms with van der Waals surface area (Å²) in [6.45, 7) is 3.53. The Bertz CT molecular complexity index is 1190. The monoisotopic (exact) mass is 444 g/mol. The molecule has 0 amide bonds. The fourth-order valence-electron chi connectivity index (χ4n) is 4.76. The number of carboxylic acid groups (broad SMARTS) is 1. The first-order chi connectivity index (χ1) is 15.7. The molecule has 168 valence electrons. The van der Waals surface area contributed by atoms with Crippen LogP contribution >= 0.6 is 0 Å². The van der Waals surface area contributed by atoms with Gasteiger partial charge in [-0.15, -0.1) is 0 Å². The normalized spacial score (nSPS) is 24.4. The number of rotatable bonds is 6. The Morgan fingerprint density at radius 1 is 0.939 bits per heavy atom. The third-order valence-corrected chi connectivity index (χ3v) is 6.50. The van der Waals surface area contributed by atoms with Crippen molar-refractivity contribution in [1.29, 1.82) is 0 Å². The molecule has 33 heavy (non-hydrogen) atoms. The molecule has 0 bridgehead atoms. The van der Waals surface area contributed by atoms with Crippen LogP contribution in [-0.2, 0) is 4.79 Å². The van der Waals surface area contributed by atoms with Gasteiger partial charge in [0, 0.05) is 29.7 Å². The fraction of sp³-hybridized carbons (Fsp3) is 0.231. The Hall–Kier alpha value is -3.84. The van der Waals surface area contributed by atoms with Gasteiger partial charge in [-0.2, -0.15) is 0 Å². The predicted octanol–water partition coefficient (Wildman–Crippen LogP) is 4.67. The van der Waals surface area contributed by atoms with Crippen molar-refractivity contribution in [2.45, 2.75) is 31.3 Å². The number of ketones is 1. The number of carboxylic acids is 1. The highest BCUT2D eigenvalue weighted by Crippen LogP contribution is 2.50. The summed E-state index contributed by atoms with van der Waals surface area (Å²) >= 11 is 0. The zero-order chi connectivity index (χ0) is 23.8. The molecule has 3 aromatic carbocycles. The summed E-state index contributed by atoms with van der Waals surface area (Å²) < 4.78 is 0. The second-order valence-electron chi connectivity index (χ2n) is 8.62. The molecule has 0 radical (unpaired) electrons. The molecule has 4 rings (SSSR count). The lowest BCUT2D eigenvalue weighted by Crippen LogP contribution is -2.49. The van der Waals surface area contributed by atoms with Crippen LogP contribution in [-0.4, -0.2) is 27.3 Å². The van der Waals surface area contributed by atoms with E-state index in [1.807, 2.05) is 37.3 Å². The van der Waals surface area contributed by atoms with Crippen LogP contribution in [0.15, 0.2) is 78.9 Å². The van der Waals surface area contributed by atoms with Crippen molar-refractivity contribution in [2.75, 3.05) is 0 Å². The summed E-state index contributed by atoms with van der Waals surface area (Å²) in [5.41, 5.74) is 1.34. The number of nitrogens with one attached hydrogen (secondary N) is 1. The summed E-state index contributed by atoms with van der Waals surface area (Å²) in [5, 5.41) is 24.6. The SMILES string of the molecule is Cc1ccc(C2NC(C)(C(=O)O)C(c3ccc([N+](=O)[O-])cc3)C2C(=O)c2ccccc2)cc1. The second kappa shape index (κ2) is 8.60. The summed E-state index contributed by atoms with van der Waals surface area (Å²) in [5.74, 6) is -2.76. The standard InChI is InChI=1S/C26H24N2O5/c1-16-8-10-18(11-9-16)23-21(24(29)19-6-4-3-5-7-19)22(26(2,27-23)25(30)31)17-12-14-20(15-13-17)28(32)33/h3-15,21-23,27H,1-2H3,(H,30,31). The lowest BCUT2D eigenvalue weighted by Gasteiger charge is -2.29. The molecule has 1 saturated heterocycles. The molecule has 4 atom stereocenters. The van der Waals surface area contributed by atoms with Gasteiger partial charge in [0.25, 0.3) is 5.69 Å². The van der Waals surface area contributed by atoms with E-state index >= 15 is 0 Å². The maximum Gasteiger partial charge on any atom is 0.324 e. The molecular formula is C26H24N2O5. The Kier molecular flexibility index (Phi) is 5.82. The van der Waals surface area contributed by atoms with Gasteiger partial charge in [0.2, 0.25) is 0 Å². The zero-order valence-corrected chi connectivity index (χ0v) is 18.3. The van der Waals surface area contributed by atoms with Crippen LogP contribution < -0.4 is 5.32 Å². The minimum absolute atomic E-state index is 0.0947. The van der Waals surface area contributed by atoms with Crippen molar-refractivity contribution in [3.63, 3.8) is 0 Å². The number of benzene rings is 3. The van der Waals surface area contributed by atoms with Gasteiger partial charge >= 0.3 is 5.97 Å². The van der Waals surface area contributed by atoms with Gasteiger partial charge in [-0.1, -0.05) is 72.3 Å². The van der Waals surface area contributed by atoms with Crippen LogP contribution in [0.2, 0.25) is 0 Å². The number of nitrogens with zero attached hydrogens (tertiary/aromatic N) is 1. The van der Waals surface area contributed by atoms with Crippen molar-refractivity contribution in [3.05, 3.63) is 111 Å². The van der Waals surface area contributed by atoms with Crippen LogP contribution in [0.1, 0.15) is 45.9 Å². The molecule has 1 fully saturated rings. The third-order valence-electron chi connectivity index (χ3n) is 6.50. The largest absolute Gasteiger partial charge is 0.480 e. The van der Waals surface area contributed by atoms with E-state index in [0.29, 0.717) is 11.1 Å². The lowest BCUT2D eigenvalue weighted by atomic mass is 9.71. The Labute approximate surface area is 191 Å². The number of hydrogen-bond donors (Lipinski definition) is 2. The number of hydrogen-bond acceptors (Lipinski definition) is 5. The number of carbonyl (C=O) groups excluding carboxylic acids is 1.